The van der Waals surface area contributed by atoms with Crippen LogP contribution in [0, 0.1) is 0 Å². The first kappa shape index (κ1) is 14.1. The van der Waals surface area contributed by atoms with E-state index in [1.807, 2.05) is 0 Å². The molecule has 0 atom stereocenters. The fourth-order valence-corrected chi connectivity index (χ4v) is 3.63. The Hall–Kier alpha value is -1.83. The van der Waals surface area contributed by atoms with E-state index in [9.17, 15) is 8.42 Å². The minimum Gasteiger partial charge on any atom is -0.288 e. The predicted octanol–water partition coefficient (Wildman–Crippen LogP) is 2.84. The second-order valence-corrected chi connectivity index (χ2v) is 6.45. The molecule has 3 rings (SSSR count). The summed E-state index contributed by atoms with van der Waals surface area (Å²) in [5.74, 6) is 0. The summed E-state index contributed by atoms with van der Waals surface area (Å²) >= 11 is 11.6. The van der Waals surface area contributed by atoms with E-state index in [1.165, 1.54) is 22.7 Å². The first-order valence-corrected chi connectivity index (χ1v) is 7.98. The van der Waals surface area contributed by atoms with Gasteiger partial charge in [0.25, 0.3) is 10.0 Å². The average molecular weight is 343 g/mol. The summed E-state index contributed by atoms with van der Waals surface area (Å²) < 4.78 is 28.7. The van der Waals surface area contributed by atoms with E-state index in [2.05, 4.69) is 14.7 Å². The third kappa shape index (κ3) is 2.67. The molecular weight excluding hydrogens is 335 g/mol. The van der Waals surface area contributed by atoms with E-state index in [1.54, 1.807) is 24.4 Å². The van der Waals surface area contributed by atoms with Gasteiger partial charge in [0.2, 0.25) is 0 Å². The van der Waals surface area contributed by atoms with Crippen LogP contribution in [0.25, 0.3) is 5.65 Å². The van der Waals surface area contributed by atoms with Crippen LogP contribution < -0.4 is 4.72 Å². The molecule has 0 aliphatic carbocycles. The Morgan fingerprint density at radius 1 is 1.14 bits per heavy atom. The van der Waals surface area contributed by atoms with Gasteiger partial charge in [-0.2, -0.15) is 8.42 Å². The lowest BCUT2D eigenvalue weighted by Gasteiger charge is -2.07. The lowest BCUT2D eigenvalue weighted by Crippen LogP contribution is -2.15. The topological polar surface area (TPSA) is 76.4 Å². The average Bonchev–Trinajstić information content (AvgIpc) is 2.77. The molecule has 0 bridgehead atoms. The molecule has 0 saturated heterocycles. The number of fused-ring (bicyclic) bond motifs is 1. The van der Waals surface area contributed by atoms with Crippen molar-refractivity contribution in [3.8, 4) is 0 Å². The molecule has 108 valence electrons. The van der Waals surface area contributed by atoms with Crippen LogP contribution in [0.3, 0.4) is 0 Å². The second-order valence-electron chi connectivity index (χ2n) is 4.11. The first-order valence-electron chi connectivity index (χ1n) is 5.74. The lowest BCUT2D eigenvalue weighted by molar-refractivity contribution is 0.596. The minimum absolute atomic E-state index is 0.101. The van der Waals surface area contributed by atoms with E-state index in [4.69, 9.17) is 23.2 Å². The van der Waals surface area contributed by atoms with E-state index in [0.717, 1.165) is 0 Å². The molecule has 21 heavy (non-hydrogen) atoms. The highest BCUT2D eigenvalue weighted by atomic mass is 35.5. The number of sulfonamides is 1. The number of rotatable bonds is 3. The van der Waals surface area contributed by atoms with Gasteiger partial charge in [0.15, 0.2) is 10.2 Å². The molecular formula is C12H8Cl2N4O2S. The number of nitrogens with one attached hydrogen (secondary N) is 1. The van der Waals surface area contributed by atoms with Crippen LogP contribution in [0.2, 0.25) is 10.3 Å². The maximum atomic E-state index is 12.5. The van der Waals surface area contributed by atoms with Crippen LogP contribution >= 0.6 is 23.2 Å². The minimum atomic E-state index is -3.90. The van der Waals surface area contributed by atoms with Gasteiger partial charge in [0.05, 0.1) is 11.9 Å². The Labute approximate surface area is 130 Å². The van der Waals surface area contributed by atoms with Crippen molar-refractivity contribution in [2.75, 3.05) is 4.72 Å². The fraction of sp³-hybridized carbons (Fsp3) is 0. The van der Waals surface area contributed by atoms with Gasteiger partial charge in [-0.1, -0.05) is 29.3 Å². The van der Waals surface area contributed by atoms with Crippen molar-refractivity contribution >= 4 is 44.6 Å². The first-order chi connectivity index (χ1) is 9.97. The Kier molecular flexibility index (Phi) is 3.48. The highest BCUT2D eigenvalue weighted by Crippen LogP contribution is 2.24. The van der Waals surface area contributed by atoms with Crippen molar-refractivity contribution in [2.45, 2.75) is 5.03 Å². The number of aromatic nitrogens is 3. The zero-order valence-electron chi connectivity index (χ0n) is 10.4. The third-order valence-electron chi connectivity index (χ3n) is 2.68. The van der Waals surface area contributed by atoms with Gasteiger partial charge in [-0.25, -0.2) is 9.97 Å². The standard InChI is InChI=1S/C12H8Cl2N4O2S/c13-9-5-4-8(7-15-9)17-21(19,20)12-11(14)16-10-3-1-2-6-18(10)12/h1-7,17H. The van der Waals surface area contributed by atoms with Crippen molar-refractivity contribution < 1.29 is 8.42 Å². The molecule has 3 heterocycles. The van der Waals surface area contributed by atoms with Gasteiger partial charge < -0.3 is 0 Å². The van der Waals surface area contributed by atoms with Crippen LogP contribution in [0.15, 0.2) is 47.8 Å². The fourth-order valence-electron chi connectivity index (χ4n) is 1.82. The molecule has 3 aromatic heterocycles. The Bertz CT molecular complexity index is 907. The molecule has 0 fully saturated rings. The van der Waals surface area contributed by atoms with Crippen LogP contribution in [-0.4, -0.2) is 22.8 Å². The van der Waals surface area contributed by atoms with Crippen molar-refractivity contribution in [1.82, 2.24) is 14.4 Å². The van der Waals surface area contributed by atoms with Crippen LogP contribution in [0.5, 0.6) is 0 Å². The molecule has 6 nitrogen and oxygen atoms in total. The highest BCUT2D eigenvalue weighted by molar-refractivity contribution is 7.92. The zero-order chi connectivity index (χ0) is 15.0. The van der Waals surface area contributed by atoms with Gasteiger partial charge in [-0.3, -0.25) is 9.12 Å². The maximum Gasteiger partial charge on any atom is 0.281 e. The number of anilines is 1. The lowest BCUT2D eigenvalue weighted by atomic mass is 10.4. The van der Waals surface area contributed by atoms with Crippen LogP contribution in [0.4, 0.5) is 5.69 Å². The number of hydrogen-bond acceptors (Lipinski definition) is 4. The van der Waals surface area contributed by atoms with E-state index >= 15 is 0 Å². The van der Waals surface area contributed by atoms with E-state index < -0.39 is 10.0 Å². The van der Waals surface area contributed by atoms with Gasteiger partial charge in [0.1, 0.15) is 10.8 Å². The normalized spacial score (nSPS) is 11.7. The van der Waals surface area contributed by atoms with E-state index in [0.29, 0.717) is 5.65 Å². The molecule has 0 radical (unpaired) electrons. The van der Waals surface area contributed by atoms with E-state index in [-0.39, 0.29) is 21.0 Å². The SMILES string of the molecule is O=S(=O)(Nc1ccc(Cl)nc1)c1c(Cl)nc2ccccn12. The van der Waals surface area contributed by atoms with Crippen molar-refractivity contribution in [2.24, 2.45) is 0 Å². The molecule has 0 spiro atoms. The summed E-state index contributed by atoms with van der Waals surface area (Å²) in [7, 11) is -3.90. The van der Waals surface area contributed by atoms with Crippen molar-refractivity contribution in [3.05, 3.63) is 53.0 Å². The second kappa shape index (κ2) is 5.18. The molecule has 9 heteroatoms. The third-order valence-corrected chi connectivity index (χ3v) is 4.68. The van der Waals surface area contributed by atoms with Crippen molar-refractivity contribution in [1.29, 1.82) is 0 Å². The van der Waals surface area contributed by atoms with Crippen LogP contribution in [0.1, 0.15) is 0 Å². The monoisotopic (exact) mass is 342 g/mol. The predicted molar refractivity (Wildman–Crippen MR) is 80.3 cm³/mol. The molecule has 0 aliphatic heterocycles. The smallest absolute Gasteiger partial charge is 0.281 e. The zero-order valence-corrected chi connectivity index (χ0v) is 12.7. The molecule has 3 aromatic rings. The molecule has 1 N–H and O–H groups in total. The van der Waals surface area contributed by atoms with Gasteiger partial charge in [-0.15, -0.1) is 0 Å². The molecule has 0 amide bonds. The maximum absolute atomic E-state index is 12.5. The number of hydrogen-bond donors (Lipinski definition) is 1. The summed E-state index contributed by atoms with van der Waals surface area (Å²) in [6.45, 7) is 0. The summed E-state index contributed by atoms with van der Waals surface area (Å²) in [6.07, 6.45) is 2.89. The van der Waals surface area contributed by atoms with Gasteiger partial charge in [0, 0.05) is 6.20 Å². The number of halogens is 2. The van der Waals surface area contributed by atoms with Crippen molar-refractivity contribution in [3.63, 3.8) is 0 Å². The van der Waals surface area contributed by atoms with Gasteiger partial charge >= 0.3 is 0 Å². The van der Waals surface area contributed by atoms with Gasteiger partial charge in [-0.05, 0) is 24.3 Å². The number of imidazole rings is 1. The highest BCUT2D eigenvalue weighted by Gasteiger charge is 2.24. The quantitative estimate of drug-likeness (QED) is 0.742. The largest absolute Gasteiger partial charge is 0.288 e. The molecule has 0 aliphatic rings. The molecule has 0 aromatic carbocycles. The molecule has 0 saturated carbocycles. The van der Waals surface area contributed by atoms with Crippen LogP contribution in [-0.2, 0) is 10.0 Å². The Balaban J connectivity index is 2.08. The Morgan fingerprint density at radius 2 is 1.95 bits per heavy atom. The Morgan fingerprint density at radius 3 is 2.67 bits per heavy atom. The molecule has 0 unspecified atom stereocenters. The number of pyridine rings is 2. The summed E-state index contributed by atoms with van der Waals surface area (Å²) in [5, 5.41) is 0.0381. The number of nitrogens with zero attached hydrogens (tertiary/aromatic N) is 3. The summed E-state index contributed by atoms with van der Waals surface area (Å²) in [6, 6.07) is 8.08. The summed E-state index contributed by atoms with van der Waals surface area (Å²) in [4.78, 5) is 7.82. The summed E-state index contributed by atoms with van der Waals surface area (Å²) in [5.41, 5.74) is 0.721.